The number of pyridine rings is 1. The van der Waals surface area contributed by atoms with Crippen molar-refractivity contribution in [2.45, 2.75) is 17.8 Å². The Kier molecular flexibility index (Phi) is 6.22. The van der Waals surface area contributed by atoms with Gasteiger partial charge in [-0.25, -0.2) is 4.98 Å². The number of thioether (sulfide) groups is 1. The number of aliphatic carboxylic acids is 1. The SMILES string of the molecule is N#Cc1c(C(F)(F)F)cc(-c2ccc(OC(F)F)cc2)nc1SCC(=O)O. The molecule has 1 heterocycles. The average Bonchev–Trinajstić information content (AvgIpc) is 2.58. The van der Waals surface area contributed by atoms with Gasteiger partial charge in [-0.1, -0.05) is 11.8 Å². The Balaban J connectivity index is 2.54. The first-order valence-corrected chi connectivity index (χ1v) is 8.02. The molecule has 5 nitrogen and oxygen atoms in total. The van der Waals surface area contributed by atoms with E-state index in [1.54, 1.807) is 0 Å². The Hall–Kier alpha value is -2.87. The van der Waals surface area contributed by atoms with Crippen molar-refractivity contribution < 1.29 is 36.6 Å². The van der Waals surface area contributed by atoms with Gasteiger partial charge in [0.25, 0.3) is 0 Å². The molecule has 0 radical (unpaired) electrons. The van der Waals surface area contributed by atoms with Crippen molar-refractivity contribution in [1.82, 2.24) is 4.98 Å². The zero-order valence-electron chi connectivity index (χ0n) is 13.1. The highest BCUT2D eigenvalue weighted by atomic mass is 32.2. The molecule has 27 heavy (non-hydrogen) atoms. The number of carboxylic acid groups (broad SMARTS) is 1. The predicted molar refractivity (Wildman–Crippen MR) is 84.4 cm³/mol. The third-order valence-electron chi connectivity index (χ3n) is 3.11. The van der Waals surface area contributed by atoms with E-state index in [9.17, 15) is 26.7 Å². The molecular formula is C16H9F5N2O3S. The van der Waals surface area contributed by atoms with Gasteiger partial charge in [0, 0.05) is 5.56 Å². The van der Waals surface area contributed by atoms with Crippen LogP contribution in [0, 0.1) is 11.3 Å². The Labute approximate surface area is 153 Å². The molecule has 0 spiro atoms. The summed E-state index contributed by atoms with van der Waals surface area (Å²) in [6.07, 6.45) is -4.87. The van der Waals surface area contributed by atoms with E-state index in [2.05, 4.69) is 9.72 Å². The third kappa shape index (κ3) is 5.30. The van der Waals surface area contributed by atoms with Crippen LogP contribution < -0.4 is 4.74 Å². The third-order valence-corrected chi connectivity index (χ3v) is 4.07. The topological polar surface area (TPSA) is 83.2 Å². The smallest absolute Gasteiger partial charge is 0.417 e. The number of alkyl halides is 5. The normalized spacial score (nSPS) is 11.3. The summed E-state index contributed by atoms with van der Waals surface area (Å²) in [7, 11) is 0. The number of hydrogen-bond donors (Lipinski definition) is 1. The van der Waals surface area contributed by atoms with Gasteiger partial charge in [-0.3, -0.25) is 4.79 Å². The lowest BCUT2D eigenvalue weighted by molar-refractivity contribution is -0.138. The monoisotopic (exact) mass is 404 g/mol. The number of aromatic nitrogens is 1. The van der Waals surface area contributed by atoms with Crippen LogP contribution in [0.3, 0.4) is 0 Å². The number of hydrogen-bond acceptors (Lipinski definition) is 5. The van der Waals surface area contributed by atoms with Gasteiger partial charge in [0.1, 0.15) is 16.8 Å². The molecular weight excluding hydrogens is 395 g/mol. The van der Waals surface area contributed by atoms with Gasteiger partial charge in [0.05, 0.1) is 22.6 Å². The summed E-state index contributed by atoms with van der Waals surface area (Å²) in [5, 5.41) is 17.4. The van der Waals surface area contributed by atoms with Crippen LogP contribution in [-0.2, 0) is 11.0 Å². The van der Waals surface area contributed by atoms with Crippen LogP contribution in [0.1, 0.15) is 11.1 Å². The zero-order valence-corrected chi connectivity index (χ0v) is 13.9. The van der Waals surface area contributed by atoms with Gasteiger partial charge in [0.2, 0.25) is 0 Å². The van der Waals surface area contributed by atoms with Gasteiger partial charge in [-0.05, 0) is 30.3 Å². The fourth-order valence-corrected chi connectivity index (χ4v) is 2.77. The molecule has 0 fully saturated rings. The molecule has 1 aromatic carbocycles. The molecule has 0 bridgehead atoms. The molecule has 0 amide bonds. The molecule has 142 valence electrons. The van der Waals surface area contributed by atoms with E-state index in [1.807, 2.05) is 0 Å². The van der Waals surface area contributed by atoms with Crippen molar-refractivity contribution in [1.29, 1.82) is 5.26 Å². The first kappa shape index (κ1) is 20.4. The number of halogens is 5. The highest BCUT2D eigenvalue weighted by molar-refractivity contribution is 7.99. The summed E-state index contributed by atoms with van der Waals surface area (Å²) in [6, 6.07) is 6.74. The number of rotatable bonds is 6. The molecule has 11 heteroatoms. The predicted octanol–water partition coefficient (Wildman–Crippen LogP) is 4.42. The zero-order chi connectivity index (χ0) is 20.2. The number of carbonyl (C=O) groups is 1. The summed E-state index contributed by atoms with van der Waals surface area (Å²) >= 11 is 0.473. The van der Waals surface area contributed by atoms with Crippen LogP contribution in [0.25, 0.3) is 11.3 Å². The molecule has 0 unspecified atom stereocenters. The van der Waals surface area contributed by atoms with Gasteiger partial charge in [-0.15, -0.1) is 0 Å². The molecule has 0 aliphatic rings. The van der Waals surface area contributed by atoms with Gasteiger partial charge < -0.3 is 9.84 Å². The minimum atomic E-state index is -4.87. The number of ether oxygens (including phenoxy) is 1. The molecule has 0 atom stereocenters. The minimum absolute atomic E-state index is 0.142. The summed E-state index contributed by atoms with van der Waals surface area (Å²) in [6.45, 7) is -3.06. The lowest BCUT2D eigenvalue weighted by atomic mass is 10.1. The van der Waals surface area contributed by atoms with E-state index in [4.69, 9.17) is 10.4 Å². The second kappa shape index (κ2) is 8.22. The summed E-state index contributed by atoms with van der Waals surface area (Å²) in [4.78, 5) is 14.6. The maximum Gasteiger partial charge on any atom is 0.417 e. The maximum absolute atomic E-state index is 13.3. The number of benzene rings is 1. The van der Waals surface area contributed by atoms with Gasteiger partial charge in [-0.2, -0.15) is 27.2 Å². The Morgan fingerprint density at radius 3 is 2.41 bits per heavy atom. The van der Waals surface area contributed by atoms with E-state index >= 15 is 0 Å². The van der Waals surface area contributed by atoms with Gasteiger partial charge in [0.15, 0.2) is 0 Å². The van der Waals surface area contributed by atoms with Crippen molar-refractivity contribution in [3.63, 3.8) is 0 Å². The molecule has 2 aromatic rings. The minimum Gasteiger partial charge on any atom is -0.481 e. The molecule has 2 rings (SSSR count). The second-order valence-electron chi connectivity index (χ2n) is 4.93. The highest BCUT2D eigenvalue weighted by Gasteiger charge is 2.36. The second-order valence-corrected chi connectivity index (χ2v) is 5.89. The fraction of sp³-hybridized carbons (Fsp3) is 0.188. The molecule has 0 aliphatic heterocycles. The van der Waals surface area contributed by atoms with Crippen molar-refractivity contribution in [3.8, 4) is 23.1 Å². The number of carboxylic acids is 1. The highest BCUT2D eigenvalue weighted by Crippen LogP contribution is 2.38. The average molecular weight is 404 g/mol. The number of nitriles is 1. The molecule has 1 aromatic heterocycles. The standard InChI is InChI=1S/C16H9F5N2O3S/c17-15(18)26-9-3-1-8(2-4-9)12-5-11(16(19,20)21)10(6-22)14(23-12)27-7-13(24)25/h1-5,15H,7H2,(H,24,25). The molecule has 0 aliphatic carbocycles. The van der Waals surface area contributed by atoms with Crippen LogP contribution in [0.5, 0.6) is 5.75 Å². The van der Waals surface area contributed by atoms with Crippen molar-refractivity contribution in [2.24, 2.45) is 0 Å². The van der Waals surface area contributed by atoms with E-state index < -0.39 is 40.7 Å². The lowest BCUT2D eigenvalue weighted by Crippen LogP contribution is -2.11. The van der Waals surface area contributed by atoms with Crippen LogP contribution in [0.15, 0.2) is 35.4 Å². The molecule has 0 saturated carbocycles. The lowest BCUT2D eigenvalue weighted by Gasteiger charge is -2.14. The molecule has 1 N–H and O–H groups in total. The summed E-state index contributed by atoms with van der Waals surface area (Å²) < 4.78 is 68.4. The first-order valence-electron chi connectivity index (χ1n) is 7.04. The van der Waals surface area contributed by atoms with E-state index in [1.165, 1.54) is 18.2 Å². The summed E-state index contributed by atoms with van der Waals surface area (Å²) in [5.41, 5.74) is -2.10. The van der Waals surface area contributed by atoms with E-state index in [0.717, 1.165) is 12.1 Å². The maximum atomic E-state index is 13.3. The van der Waals surface area contributed by atoms with Crippen LogP contribution in [0.4, 0.5) is 22.0 Å². The van der Waals surface area contributed by atoms with Crippen molar-refractivity contribution in [3.05, 3.63) is 41.5 Å². The largest absolute Gasteiger partial charge is 0.481 e. The Bertz CT molecular complexity index is 879. The van der Waals surface area contributed by atoms with E-state index in [-0.39, 0.29) is 17.0 Å². The first-order chi connectivity index (χ1) is 12.6. The van der Waals surface area contributed by atoms with Crippen molar-refractivity contribution in [2.75, 3.05) is 5.75 Å². The Morgan fingerprint density at radius 2 is 1.93 bits per heavy atom. The Morgan fingerprint density at radius 1 is 1.30 bits per heavy atom. The summed E-state index contributed by atoms with van der Waals surface area (Å²) in [5.74, 6) is -2.08. The van der Waals surface area contributed by atoms with Crippen molar-refractivity contribution >= 4 is 17.7 Å². The quantitative estimate of drug-likeness (QED) is 0.567. The van der Waals surface area contributed by atoms with Crippen LogP contribution in [-0.4, -0.2) is 28.4 Å². The fourth-order valence-electron chi connectivity index (χ4n) is 2.04. The molecule has 0 saturated heterocycles. The van der Waals surface area contributed by atoms with Crippen LogP contribution >= 0.6 is 11.8 Å². The van der Waals surface area contributed by atoms with Crippen LogP contribution in [0.2, 0.25) is 0 Å². The van der Waals surface area contributed by atoms with E-state index in [0.29, 0.717) is 17.8 Å². The number of nitrogens with zero attached hydrogens (tertiary/aromatic N) is 2. The van der Waals surface area contributed by atoms with Gasteiger partial charge >= 0.3 is 18.8 Å².